The first kappa shape index (κ1) is 9.31. The van der Waals surface area contributed by atoms with Gasteiger partial charge in [-0.05, 0) is 0 Å². The summed E-state index contributed by atoms with van der Waals surface area (Å²) in [5.74, 6) is 2.09. The van der Waals surface area contributed by atoms with Gasteiger partial charge in [0.05, 0.1) is 0 Å². The second kappa shape index (κ2) is 8.86. The van der Waals surface area contributed by atoms with Gasteiger partial charge in [-0.15, -0.1) is 0 Å². The Kier molecular flexibility index (Phi) is 13.8. The van der Waals surface area contributed by atoms with E-state index in [2.05, 4.69) is 5.92 Å². The van der Waals surface area contributed by atoms with Gasteiger partial charge in [-0.3, -0.25) is 5.92 Å². The van der Waals surface area contributed by atoms with Crippen LogP contribution in [0.1, 0.15) is 6.92 Å². The van der Waals surface area contributed by atoms with Crippen molar-refractivity contribution in [2.45, 2.75) is 6.92 Å². The molecule has 0 radical (unpaired) electrons. The molecule has 0 aromatic rings. The summed E-state index contributed by atoms with van der Waals surface area (Å²) >= 11 is 0. The molecule has 0 bridgehead atoms. The minimum absolute atomic E-state index is 0. The molecule has 0 amide bonds. The van der Waals surface area contributed by atoms with Crippen LogP contribution < -0.4 is 18.9 Å². The van der Waals surface area contributed by atoms with Crippen molar-refractivity contribution in [2.75, 3.05) is 0 Å². The third-order valence-corrected chi connectivity index (χ3v) is 0.250. The standard InChI is InChI=1S/C5H5.Li/c1-3-5-4-2;/h3,5H,1H3;/q-1;+1/b5-3+;. The van der Waals surface area contributed by atoms with Crippen LogP contribution in [-0.4, -0.2) is 0 Å². The van der Waals surface area contributed by atoms with Crippen LogP contribution >= 0.6 is 0 Å². The molecule has 0 N–H and O–H groups in total. The van der Waals surface area contributed by atoms with Crippen LogP contribution in [0.5, 0.6) is 0 Å². The van der Waals surface area contributed by atoms with Crippen LogP contribution in [0.25, 0.3) is 0 Å². The number of hydrogen-bond donors (Lipinski definition) is 0. The Bertz CT molecular complexity index is 66.5. The van der Waals surface area contributed by atoms with Crippen molar-refractivity contribution in [3.63, 3.8) is 0 Å². The number of allylic oxidation sites excluding steroid dienone is 2. The van der Waals surface area contributed by atoms with Crippen molar-refractivity contribution in [1.82, 2.24) is 0 Å². The maximum Gasteiger partial charge on any atom is 1.00 e. The number of hydrogen-bond acceptors (Lipinski definition) is 0. The average molecular weight is 72.0 g/mol. The van der Waals surface area contributed by atoms with E-state index in [0.717, 1.165) is 0 Å². The van der Waals surface area contributed by atoms with Gasteiger partial charge in [-0.1, -0.05) is 6.92 Å². The molecule has 0 unspecified atom stereocenters. The third-order valence-electron chi connectivity index (χ3n) is 0.250. The molecule has 0 saturated carbocycles. The summed E-state index contributed by atoms with van der Waals surface area (Å²) in [6, 6.07) is 0. The molecule has 0 aliphatic heterocycles. The van der Waals surface area contributed by atoms with Crippen molar-refractivity contribution in [3.05, 3.63) is 18.6 Å². The molecule has 6 heavy (non-hydrogen) atoms. The normalized spacial score (nSPS) is 6.67. The van der Waals surface area contributed by atoms with Gasteiger partial charge in [0, 0.05) is 0 Å². The third kappa shape index (κ3) is 9.09. The van der Waals surface area contributed by atoms with Crippen LogP contribution in [0.2, 0.25) is 0 Å². The predicted octanol–water partition coefficient (Wildman–Crippen LogP) is -1.84. The molecule has 0 rings (SSSR count). The van der Waals surface area contributed by atoms with Crippen molar-refractivity contribution < 1.29 is 18.9 Å². The van der Waals surface area contributed by atoms with Gasteiger partial charge in [0.15, 0.2) is 0 Å². The van der Waals surface area contributed by atoms with Crippen molar-refractivity contribution in [2.24, 2.45) is 0 Å². The first-order valence-corrected chi connectivity index (χ1v) is 1.45. The Labute approximate surface area is 50.8 Å². The topological polar surface area (TPSA) is 0 Å². The Hall–Kier alpha value is -0.103. The molecular formula is C5H5Li. The zero-order valence-electron chi connectivity index (χ0n) is 4.15. The van der Waals surface area contributed by atoms with Crippen LogP contribution in [0.15, 0.2) is 12.2 Å². The Balaban J connectivity index is 0. The minimum Gasteiger partial charge on any atom is -0.366 e. The van der Waals surface area contributed by atoms with E-state index < -0.39 is 0 Å². The average Bonchev–Trinajstić information content (AvgIpc) is 1.41. The van der Waals surface area contributed by atoms with Gasteiger partial charge in [0.25, 0.3) is 0 Å². The molecule has 0 fully saturated rings. The van der Waals surface area contributed by atoms with Gasteiger partial charge >= 0.3 is 18.9 Å². The fourth-order valence-corrected chi connectivity index (χ4v) is 0.0833. The summed E-state index contributed by atoms with van der Waals surface area (Å²) in [5, 5.41) is 0. The van der Waals surface area contributed by atoms with Gasteiger partial charge in [-0.25, -0.2) is 0 Å². The summed E-state index contributed by atoms with van der Waals surface area (Å²) in [6.07, 6.45) is 9.56. The molecule has 0 aromatic carbocycles. The molecule has 0 aliphatic carbocycles. The van der Waals surface area contributed by atoms with E-state index in [4.69, 9.17) is 6.42 Å². The van der Waals surface area contributed by atoms with E-state index in [1.165, 1.54) is 0 Å². The molecule has 0 aromatic heterocycles. The Morgan fingerprint density at radius 2 is 2.17 bits per heavy atom. The molecule has 1 heteroatoms. The fraction of sp³-hybridized carbons (Fsp3) is 0.200. The van der Waals surface area contributed by atoms with E-state index in [9.17, 15) is 0 Å². The largest absolute Gasteiger partial charge is 1.00 e. The first-order valence-electron chi connectivity index (χ1n) is 1.45. The van der Waals surface area contributed by atoms with Gasteiger partial charge in [-0.2, -0.15) is 12.2 Å². The zero-order chi connectivity index (χ0) is 4.12. The molecule has 0 spiro atoms. The van der Waals surface area contributed by atoms with Crippen molar-refractivity contribution >= 4 is 0 Å². The monoisotopic (exact) mass is 72.1 g/mol. The molecule has 0 heterocycles. The Morgan fingerprint density at radius 1 is 1.67 bits per heavy atom. The summed E-state index contributed by atoms with van der Waals surface area (Å²) in [4.78, 5) is 0. The van der Waals surface area contributed by atoms with E-state index >= 15 is 0 Å². The second-order valence-corrected chi connectivity index (χ2v) is 0.644. The molecule has 0 aliphatic rings. The zero-order valence-corrected chi connectivity index (χ0v) is 4.15. The molecule has 26 valence electrons. The van der Waals surface area contributed by atoms with Crippen molar-refractivity contribution in [3.8, 4) is 5.92 Å². The van der Waals surface area contributed by atoms with Gasteiger partial charge < -0.3 is 6.42 Å². The maximum absolute atomic E-state index is 6.27. The summed E-state index contributed by atoms with van der Waals surface area (Å²) in [7, 11) is 0. The van der Waals surface area contributed by atoms with E-state index in [1.54, 1.807) is 12.2 Å². The van der Waals surface area contributed by atoms with Crippen molar-refractivity contribution in [1.29, 1.82) is 0 Å². The molecule has 0 nitrogen and oxygen atoms in total. The first-order chi connectivity index (χ1) is 2.41. The smallest absolute Gasteiger partial charge is 0.366 e. The quantitative estimate of drug-likeness (QED) is 0.179. The molecule has 0 atom stereocenters. The van der Waals surface area contributed by atoms with E-state index in [-0.39, 0.29) is 18.9 Å². The molecular weight excluding hydrogens is 67.0 g/mol. The van der Waals surface area contributed by atoms with Gasteiger partial charge in [0.2, 0.25) is 0 Å². The van der Waals surface area contributed by atoms with Crippen LogP contribution in [0.3, 0.4) is 0 Å². The fourth-order valence-electron chi connectivity index (χ4n) is 0.0833. The number of rotatable bonds is 0. The van der Waals surface area contributed by atoms with Crippen LogP contribution in [0.4, 0.5) is 0 Å². The maximum atomic E-state index is 6.27. The van der Waals surface area contributed by atoms with E-state index in [0.29, 0.717) is 0 Å². The minimum atomic E-state index is 0. The predicted molar refractivity (Wildman–Crippen MR) is 21.9 cm³/mol. The van der Waals surface area contributed by atoms with Crippen LogP contribution in [-0.2, 0) is 0 Å². The second-order valence-electron chi connectivity index (χ2n) is 0.644. The summed E-state index contributed by atoms with van der Waals surface area (Å²) < 4.78 is 0. The summed E-state index contributed by atoms with van der Waals surface area (Å²) in [5.41, 5.74) is 0. The van der Waals surface area contributed by atoms with Gasteiger partial charge in [0.1, 0.15) is 0 Å². The molecule has 0 saturated heterocycles. The van der Waals surface area contributed by atoms with E-state index in [1.807, 2.05) is 6.92 Å². The Morgan fingerprint density at radius 3 is 2.17 bits per heavy atom. The summed E-state index contributed by atoms with van der Waals surface area (Å²) in [6.45, 7) is 1.85. The SMILES string of the molecule is [C-]#C/C=C/C.[Li+]. The van der Waals surface area contributed by atoms with Crippen LogP contribution in [0, 0.1) is 12.3 Å².